The highest BCUT2D eigenvalue weighted by Crippen LogP contribution is 2.32. The Hall–Kier alpha value is -2.91. The molecule has 27 heavy (non-hydrogen) atoms. The molecule has 0 radical (unpaired) electrons. The number of hydrogen-bond donors (Lipinski definition) is 1. The maximum atomic E-state index is 12.9. The van der Waals surface area contributed by atoms with E-state index in [9.17, 15) is 18.0 Å². The van der Waals surface area contributed by atoms with Crippen LogP contribution in [-0.4, -0.2) is 30.2 Å². The third-order valence-corrected chi connectivity index (χ3v) is 4.85. The topological polar surface area (TPSA) is 77.6 Å². The number of pyridine rings is 1. The fraction of sp³-hybridized carbons (Fsp3) is 0.412. The molecule has 7 nitrogen and oxygen atoms in total. The van der Waals surface area contributed by atoms with Gasteiger partial charge in [-0.05, 0) is 19.4 Å². The van der Waals surface area contributed by atoms with Gasteiger partial charge in [0, 0.05) is 43.2 Å². The number of amides is 1. The largest absolute Gasteiger partial charge is 0.449 e. The molecule has 0 unspecified atom stereocenters. The first-order chi connectivity index (χ1) is 12.7. The fourth-order valence-corrected chi connectivity index (χ4v) is 3.53. The SMILES string of the molecule is Cc1nn(C)c2ncc(NC(=O)[C@@H]3CCn4c(cnc4C(F)(F)F)C3)cc12. The predicted octanol–water partition coefficient (Wildman–Crippen LogP) is 2.69. The highest BCUT2D eigenvalue weighted by atomic mass is 19.4. The van der Waals surface area contributed by atoms with E-state index in [4.69, 9.17) is 0 Å². The molecule has 10 heteroatoms. The van der Waals surface area contributed by atoms with Crippen molar-refractivity contribution < 1.29 is 18.0 Å². The molecule has 1 aliphatic heterocycles. The number of halogens is 3. The Labute approximate surface area is 152 Å². The first kappa shape index (κ1) is 17.5. The molecule has 3 aromatic rings. The Morgan fingerprint density at radius 1 is 1.30 bits per heavy atom. The minimum Gasteiger partial charge on any atom is -0.324 e. The summed E-state index contributed by atoms with van der Waals surface area (Å²) in [7, 11) is 1.79. The number of nitrogens with one attached hydrogen (secondary N) is 1. The normalized spacial score (nSPS) is 17.1. The Morgan fingerprint density at radius 2 is 2.07 bits per heavy atom. The Bertz CT molecular complexity index is 1040. The molecule has 0 aliphatic carbocycles. The van der Waals surface area contributed by atoms with E-state index in [0.29, 0.717) is 23.4 Å². The Balaban J connectivity index is 1.51. The zero-order chi connectivity index (χ0) is 19.3. The number of imidazole rings is 1. The fourth-order valence-electron chi connectivity index (χ4n) is 3.53. The van der Waals surface area contributed by atoms with Crippen molar-refractivity contribution in [2.24, 2.45) is 13.0 Å². The van der Waals surface area contributed by atoms with Gasteiger partial charge in [-0.3, -0.25) is 9.48 Å². The van der Waals surface area contributed by atoms with Crippen LogP contribution in [0, 0.1) is 12.8 Å². The minimum atomic E-state index is -4.49. The highest BCUT2D eigenvalue weighted by Gasteiger charge is 2.39. The van der Waals surface area contributed by atoms with Gasteiger partial charge >= 0.3 is 6.18 Å². The van der Waals surface area contributed by atoms with Crippen LogP contribution in [0.3, 0.4) is 0 Å². The monoisotopic (exact) mass is 378 g/mol. The van der Waals surface area contributed by atoms with Gasteiger partial charge in [-0.1, -0.05) is 0 Å². The van der Waals surface area contributed by atoms with E-state index in [2.05, 4.69) is 20.4 Å². The molecule has 142 valence electrons. The van der Waals surface area contributed by atoms with E-state index in [-0.39, 0.29) is 18.9 Å². The summed E-state index contributed by atoms with van der Waals surface area (Å²) < 4.78 is 41.6. The molecule has 1 amide bonds. The van der Waals surface area contributed by atoms with Crippen molar-refractivity contribution in [1.29, 1.82) is 0 Å². The number of carbonyl (C=O) groups is 1. The highest BCUT2D eigenvalue weighted by molar-refractivity contribution is 5.94. The van der Waals surface area contributed by atoms with Crippen molar-refractivity contribution in [2.45, 2.75) is 32.5 Å². The van der Waals surface area contributed by atoms with Gasteiger partial charge in [0.15, 0.2) is 5.65 Å². The van der Waals surface area contributed by atoms with Crippen molar-refractivity contribution in [2.75, 3.05) is 5.32 Å². The van der Waals surface area contributed by atoms with Crippen LogP contribution < -0.4 is 5.32 Å². The van der Waals surface area contributed by atoms with Crippen LogP contribution in [0.25, 0.3) is 11.0 Å². The number of carbonyl (C=O) groups excluding carboxylic acids is 1. The molecule has 3 aromatic heterocycles. The van der Waals surface area contributed by atoms with E-state index in [1.54, 1.807) is 24.0 Å². The summed E-state index contributed by atoms with van der Waals surface area (Å²) in [6.45, 7) is 1.97. The van der Waals surface area contributed by atoms with Crippen LogP contribution in [-0.2, 0) is 31.0 Å². The first-order valence-electron chi connectivity index (χ1n) is 8.46. The number of nitrogens with zero attached hydrogens (tertiary/aromatic N) is 5. The third kappa shape index (κ3) is 3.04. The van der Waals surface area contributed by atoms with Gasteiger partial charge < -0.3 is 9.88 Å². The van der Waals surface area contributed by atoms with E-state index in [1.807, 2.05) is 6.92 Å². The Kier molecular flexibility index (Phi) is 3.93. The van der Waals surface area contributed by atoms with Gasteiger partial charge in [-0.15, -0.1) is 0 Å². The maximum absolute atomic E-state index is 12.9. The molecular weight excluding hydrogens is 361 g/mol. The summed E-state index contributed by atoms with van der Waals surface area (Å²) in [6, 6.07) is 1.80. The molecule has 1 aliphatic rings. The molecule has 0 saturated heterocycles. The minimum absolute atomic E-state index is 0.112. The molecule has 4 heterocycles. The lowest BCUT2D eigenvalue weighted by atomic mass is 9.95. The second-order valence-electron chi connectivity index (χ2n) is 6.71. The lowest BCUT2D eigenvalue weighted by Gasteiger charge is -2.24. The van der Waals surface area contributed by atoms with Crippen LogP contribution in [0.1, 0.15) is 23.6 Å². The number of fused-ring (bicyclic) bond motifs is 2. The first-order valence-corrected chi connectivity index (χ1v) is 8.46. The second-order valence-corrected chi connectivity index (χ2v) is 6.71. The maximum Gasteiger partial charge on any atom is 0.449 e. The van der Waals surface area contributed by atoms with E-state index in [0.717, 1.165) is 15.6 Å². The molecule has 1 atom stereocenters. The van der Waals surface area contributed by atoms with Gasteiger partial charge in [0.25, 0.3) is 0 Å². The molecule has 0 saturated carbocycles. The average molecular weight is 378 g/mol. The number of hydrogen-bond acceptors (Lipinski definition) is 4. The number of aryl methyl sites for hydroxylation is 2. The third-order valence-electron chi connectivity index (χ3n) is 4.85. The molecule has 1 N–H and O–H groups in total. The lowest BCUT2D eigenvalue weighted by molar-refractivity contribution is -0.147. The zero-order valence-corrected chi connectivity index (χ0v) is 14.7. The van der Waals surface area contributed by atoms with Gasteiger partial charge in [0.05, 0.1) is 17.6 Å². The second kappa shape index (κ2) is 6.07. The molecule has 0 aromatic carbocycles. The van der Waals surface area contributed by atoms with Crippen molar-refractivity contribution >= 4 is 22.6 Å². The summed E-state index contributed by atoms with van der Waals surface area (Å²) in [5, 5.41) is 7.94. The van der Waals surface area contributed by atoms with Gasteiger partial charge in [0.2, 0.25) is 11.7 Å². The summed E-state index contributed by atoms with van der Waals surface area (Å²) in [6.07, 6.45) is -1.20. The number of aromatic nitrogens is 5. The molecule has 0 spiro atoms. The van der Waals surface area contributed by atoms with Crippen LogP contribution in [0.2, 0.25) is 0 Å². The van der Waals surface area contributed by atoms with Crippen molar-refractivity contribution in [3.8, 4) is 0 Å². The number of anilines is 1. The summed E-state index contributed by atoms with van der Waals surface area (Å²) in [4.78, 5) is 20.4. The zero-order valence-electron chi connectivity index (χ0n) is 14.7. The smallest absolute Gasteiger partial charge is 0.324 e. The van der Waals surface area contributed by atoms with Gasteiger partial charge in [-0.25, -0.2) is 9.97 Å². The van der Waals surface area contributed by atoms with Gasteiger partial charge in [-0.2, -0.15) is 18.3 Å². The van der Waals surface area contributed by atoms with Crippen LogP contribution in [0.15, 0.2) is 18.5 Å². The summed E-state index contributed by atoms with van der Waals surface area (Å²) in [5.74, 6) is -1.56. The van der Waals surface area contributed by atoms with Crippen LogP contribution >= 0.6 is 0 Å². The van der Waals surface area contributed by atoms with Crippen molar-refractivity contribution in [3.05, 3.63) is 35.7 Å². The van der Waals surface area contributed by atoms with Crippen molar-refractivity contribution in [3.63, 3.8) is 0 Å². The number of alkyl halides is 3. The molecule has 4 rings (SSSR count). The quantitative estimate of drug-likeness (QED) is 0.744. The predicted molar refractivity (Wildman–Crippen MR) is 90.9 cm³/mol. The van der Waals surface area contributed by atoms with E-state index >= 15 is 0 Å². The van der Waals surface area contributed by atoms with Gasteiger partial charge in [0.1, 0.15) is 0 Å². The van der Waals surface area contributed by atoms with E-state index < -0.39 is 17.9 Å². The lowest BCUT2D eigenvalue weighted by Crippen LogP contribution is -2.31. The Morgan fingerprint density at radius 3 is 2.81 bits per heavy atom. The van der Waals surface area contributed by atoms with Crippen molar-refractivity contribution in [1.82, 2.24) is 24.3 Å². The molecule has 0 fully saturated rings. The molecule has 0 bridgehead atoms. The van der Waals surface area contributed by atoms with Crippen LogP contribution in [0.4, 0.5) is 18.9 Å². The standard InChI is InChI=1S/C17H17F3N6O/c1-9-13-6-11(7-21-14(13)25(2)24-9)23-15(27)10-3-4-26-12(5-10)8-22-16(26)17(18,19)20/h6-8,10H,3-5H2,1-2H3,(H,23,27)/t10-/m1/s1. The van der Waals surface area contributed by atoms with E-state index in [1.165, 1.54) is 6.20 Å². The molecular formula is C17H17F3N6O. The average Bonchev–Trinajstić information content (AvgIpc) is 3.15. The number of rotatable bonds is 2. The summed E-state index contributed by atoms with van der Waals surface area (Å²) in [5.41, 5.74) is 2.48. The summed E-state index contributed by atoms with van der Waals surface area (Å²) >= 11 is 0. The van der Waals surface area contributed by atoms with Crippen LogP contribution in [0.5, 0.6) is 0 Å².